The van der Waals surface area contributed by atoms with E-state index >= 15 is 0 Å². The average Bonchev–Trinajstić information content (AvgIpc) is 2.58. The van der Waals surface area contributed by atoms with E-state index in [1.165, 1.54) is 24.8 Å². The Balaban J connectivity index is 1.88. The standard InChI is InChI=1S/C20H33N3O/c1-4-21-19(22-15-17(2)18-9-6-5-7-10-18)23-16-20(11-8-12-20)13-14-24-3/h5-7,9-10,17H,4,8,11-16H2,1-3H3,(H2,21,22,23). The number of benzene rings is 1. The second-order valence-electron chi connectivity index (χ2n) is 6.98. The van der Waals surface area contributed by atoms with E-state index in [0.717, 1.165) is 38.6 Å². The van der Waals surface area contributed by atoms with E-state index in [-0.39, 0.29) is 0 Å². The van der Waals surface area contributed by atoms with Crippen molar-refractivity contribution in [3.8, 4) is 0 Å². The second-order valence-corrected chi connectivity index (χ2v) is 6.98. The molecule has 1 aromatic carbocycles. The predicted octanol–water partition coefficient (Wildman–Crippen LogP) is 3.55. The molecular formula is C20H33N3O. The summed E-state index contributed by atoms with van der Waals surface area (Å²) in [6.07, 6.45) is 5.00. The molecule has 2 N–H and O–H groups in total. The Hall–Kier alpha value is -1.55. The van der Waals surface area contributed by atoms with E-state index in [9.17, 15) is 0 Å². The molecule has 0 spiro atoms. The van der Waals surface area contributed by atoms with Gasteiger partial charge in [0.25, 0.3) is 0 Å². The van der Waals surface area contributed by atoms with Crippen LogP contribution in [0.25, 0.3) is 0 Å². The van der Waals surface area contributed by atoms with Crippen LogP contribution in [0, 0.1) is 5.41 Å². The monoisotopic (exact) mass is 331 g/mol. The minimum Gasteiger partial charge on any atom is -0.385 e. The molecule has 0 amide bonds. The smallest absolute Gasteiger partial charge is 0.191 e. The summed E-state index contributed by atoms with van der Waals surface area (Å²) in [5.74, 6) is 1.39. The zero-order valence-corrected chi connectivity index (χ0v) is 15.5. The topological polar surface area (TPSA) is 45.7 Å². The number of nitrogens with zero attached hydrogens (tertiary/aromatic N) is 1. The van der Waals surface area contributed by atoms with Crippen molar-refractivity contribution in [1.82, 2.24) is 10.6 Å². The molecule has 0 saturated heterocycles. The van der Waals surface area contributed by atoms with Crippen molar-refractivity contribution in [2.75, 3.05) is 33.4 Å². The molecule has 1 aliphatic carbocycles. The molecule has 1 aliphatic rings. The van der Waals surface area contributed by atoms with Crippen LogP contribution in [0.15, 0.2) is 35.3 Å². The lowest BCUT2D eigenvalue weighted by Gasteiger charge is -2.40. The molecule has 1 atom stereocenters. The van der Waals surface area contributed by atoms with Gasteiger partial charge in [-0.3, -0.25) is 4.99 Å². The highest BCUT2D eigenvalue weighted by atomic mass is 16.5. The fraction of sp³-hybridized carbons (Fsp3) is 0.650. The van der Waals surface area contributed by atoms with Crippen LogP contribution in [0.4, 0.5) is 0 Å². The van der Waals surface area contributed by atoms with Crippen LogP contribution in [-0.4, -0.2) is 39.3 Å². The first-order valence-electron chi connectivity index (χ1n) is 9.25. The Bertz CT molecular complexity index is 497. The van der Waals surface area contributed by atoms with Crippen molar-refractivity contribution >= 4 is 5.96 Å². The lowest BCUT2D eigenvalue weighted by Crippen LogP contribution is -2.41. The minimum atomic E-state index is 0.364. The summed E-state index contributed by atoms with van der Waals surface area (Å²) in [5, 5.41) is 6.88. The fourth-order valence-electron chi connectivity index (χ4n) is 3.22. The molecule has 2 rings (SSSR count). The van der Waals surface area contributed by atoms with Crippen LogP contribution in [0.2, 0.25) is 0 Å². The van der Waals surface area contributed by atoms with Crippen LogP contribution >= 0.6 is 0 Å². The highest BCUT2D eigenvalue weighted by Crippen LogP contribution is 2.44. The van der Waals surface area contributed by atoms with Gasteiger partial charge in [0.15, 0.2) is 5.96 Å². The van der Waals surface area contributed by atoms with Gasteiger partial charge in [-0.1, -0.05) is 43.7 Å². The summed E-state index contributed by atoms with van der Waals surface area (Å²) in [6, 6.07) is 10.6. The highest BCUT2D eigenvalue weighted by Gasteiger charge is 2.36. The van der Waals surface area contributed by atoms with Gasteiger partial charge in [0.2, 0.25) is 0 Å². The molecule has 0 aliphatic heterocycles. The largest absolute Gasteiger partial charge is 0.385 e. The molecule has 1 fully saturated rings. The molecule has 134 valence electrons. The Morgan fingerprint density at radius 3 is 2.58 bits per heavy atom. The lowest BCUT2D eigenvalue weighted by atomic mass is 9.67. The third kappa shape index (κ3) is 5.52. The normalized spacial score (nSPS) is 17.9. The van der Waals surface area contributed by atoms with E-state index in [4.69, 9.17) is 9.73 Å². The summed E-state index contributed by atoms with van der Waals surface area (Å²) >= 11 is 0. The first kappa shape index (κ1) is 18.8. The Morgan fingerprint density at radius 2 is 2.00 bits per heavy atom. The number of nitrogens with one attached hydrogen (secondary N) is 2. The molecule has 4 heteroatoms. The van der Waals surface area contributed by atoms with Crippen molar-refractivity contribution in [3.63, 3.8) is 0 Å². The number of hydrogen-bond acceptors (Lipinski definition) is 2. The van der Waals surface area contributed by atoms with Crippen LogP contribution in [0.3, 0.4) is 0 Å². The highest BCUT2D eigenvalue weighted by molar-refractivity contribution is 5.79. The van der Waals surface area contributed by atoms with E-state index in [1.54, 1.807) is 7.11 Å². The zero-order chi connectivity index (χ0) is 17.3. The van der Waals surface area contributed by atoms with Gasteiger partial charge in [-0.25, -0.2) is 0 Å². The van der Waals surface area contributed by atoms with Gasteiger partial charge in [0, 0.05) is 33.4 Å². The van der Waals surface area contributed by atoms with Gasteiger partial charge < -0.3 is 15.4 Å². The van der Waals surface area contributed by atoms with Crippen molar-refractivity contribution in [2.45, 2.75) is 45.4 Å². The van der Waals surface area contributed by atoms with Crippen molar-refractivity contribution in [2.24, 2.45) is 10.4 Å². The molecule has 1 unspecified atom stereocenters. The molecule has 1 saturated carbocycles. The van der Waals surface area contributed by atoms with Crippen molar-refractivity contribution < 1.29 is 4.74 Å². The second kappa shape index (κ2) is 9.67. The maximum atomic E-state index is 5.28. The molecular weight excluding hydrogens is 298 g/mol. The van der Waals surface area contributed by atoms with Gasteiger partial charge in [-0.2, -0.15) is 0 Å². The minimum absolute atomic E-state index is 0.364. The Kier molecular flexibility index (Phi) is 7.57. The summed E-state index contributed by atoms with van der Waals surface area (Å²) in [5.41, 5.74) is 1.72. The number of methoxy groups -OCH3 is 1. The van der Waals surface area contributed by atoms with Gasteiger partial charge >= 0.3 is 0 Å². The predicted molar refractivity (Wildman–Crippen MR) is 102 cm³/mol. The molecule has 0 radical (unpaired) electrons. The number of ether oxygens (including phenoxy) is 1. The Morgan fingerprint density at radius 1 is 1.25 bits per heavy atom. The van der Waals surface area contributed by atoms with E-state index in [1.807, 2.05) is 0 Å². The van der Waals surface area contributed by atoms with E-state index in [0.29, 0.717) is 11.3 Å². The SMILES string of the molecule is CCNC(=NCC1(CCOC)CCC1)NCC(C)c1ccccc1. The molecule has 1 aromatic rings. The average molecular weight is 332 g/mol. The fourth-order valence-corrected chi connectivity index (χ4v) is 3.22. The third-order valence-corrected chi connectivity index (χ3v) is 5.11. The van der Waals surface area contributed by atoms with Gasteiger partial charge in [-0.05, 0) is 43.1 Å². The van der Waals surface area contributed by atoms with Crippen LogP contribution in [0.1, 0.15) is 51.0 Å². The van der Waals surface area contributed by atoms with Gasteiger partial charge in [0.05, 0.1) is 0 Å². The molecule has 24 heavy (non-hydrogen) atoms. The summed E-state index contributed by atoms with van der Waals surface area (Å²) < 4.78 is 5.28. The van der Waals surface area contributed by atoms with Crippen molar-refractivity contribution in [3.05, 3.63) is 35.9 Å². The number of aliphatic imine (C=N–C) groups is 1. The van der Waals surface area contributed by atoms with Crippen LogP contribution in [0.5, 0.6) is 0 Å². The lowest BCUT2D eigenvalue weighted by molar-refractivity contribution is 0.0778. The maximum Gasteiger partial charge on any atom is 0.191 e. The first-order chi connectivity index (χ1) is 11.7. The molecule has 0 heterocycles. The van der Waals surface area contributed by atoms with Crippen LogP contribution < -0.4 is 10.6 Å². The van der Waals surface area contributed by atoms with Crippen LogP contribution in [-0.2, 0) is 4.74 Å². The summed E-state index contributed by atoms with van der Waals surface area (Å²) in [4.78, 5) is 4.87. The first-order valence-corrected chi connectivity index (χ1v) is 9.25. The molecule has 0 bridgehead atoms. The zero-order valence-electron chi connectivity index (χ0n) is 15.5. The molecule has 0 aromatic heterocycles. The van der Waals surface area contributed by atoms with Gasteiger partial charge in [0.1, 0.15) is 0 Å². The molecule has 4 nitrogen and oxygen atoms in total. The number of guanidine groups is 1. The number of rotatable bonds is 9. The summed E-state index contributed by atoms with van der Waals surface area (Å²) in [7, 11) is 1.78. The Labute approximate surface area is 147 Å². The quantitative estimate of drug-likeness (QED) is 0.537. The third-order valence-electron chi connectivity index (χ3n) is 5.11. The maximum absolute atomic E-state index is 5.28. The van der Waals surface area contributed by atoms with Crippen molar-refractivity contribution in [1.29, 1.82) is 0 Å². The van der Waals surface area contributed by atoms with E-state index in [2.05, 4.69) is 54.8 Å². The summed E-state index contributed by atoms with van der Waals surface area (Å²) in [6.45, 7) is 7.87. The van der Waals surface area contributed by atoms with Gasteiger partial charge in [-0.15, -0.1) is 0 Å². The number of hydrogen-bond donors (Lipinski definition) is 2. The van der Waals surface area contributed by atoms with E-state index < -0.39 is 0 Å².